The molecule has 0 unspecified atom stereocenters. The van der Waals surface area contributed by atoms with Crippen LogP contribution in [-0.2, 0) is 17.8 Å². The van der Waals surface area contributed by atoms with E-state index in [1.54, 1.807) is 0 Å². The molecule has 1 aromatic heterocycles. The van der Waals surface area contributed by atoms with Gasteiger partial charge in [0.05, 0.1) is 6.42 Å². The predicted molar refractivity (Wildman–Crippen MR) is 117 cm³/mol. The van der Waals surface area contributed by atoms with Crippen molar-refractivity contribution in [3.05, 3.63) is 84.1 Å². The van der Waals surface area contributed by atoms with Gasteiger partial charge in [-0.15, -0.1) is 0 Å². The quantitative estimate of drug-likeness (QED) is 0.440. The zero-order valence-corrected chi connectivity index (χ0v) is 16.3. The summed E-state index contributed by atoms with van der Waals surface area (Å²) in [6.07, 6.45) is 2.22. The maximum atomic E-state index is 12.4. The zero-order valence-electron chi connectivity index (χ0n) is 16.3. The van der Waals surface area contributed by atoms with E-state index in [0.717, 1.165) is 44.9 Å². The third kappa shape index (κ3) is 3.80. The van der Waals surface area contributed by atoms with Crippen LogP contribution in [0.15, 0.2) is 72.9 Å². The van der Waals surface area contributed by atoms with Crippen LogP contribution in [0.2, 0.25) is 0 Å². The molecule has 5 rings (SSSR count). The van der Waals surface area contributed by atoms with Gasteiger partial charge in [0.15, 0.2) is 11.5 Å². The third-order valence-corrected chi connectivity index (χ3v) is 5.13. The number of amides is 1. The van der Waals surface area contributed by atoms with Gasteiger partial charge in [0.1, 0.15) is 0 Å². The molecule has 1 aliphatic heterocycles. The van der Waals surface area contributed by atoms with E-state index in [-0.39, 0.29) is 12.7 Å². The number of para-hydroxylation sites is 1. The fourth-order valence-corrected chi connectivity index (χ4v) is 3.58. The summed E-state index contributed by atoms with van der Waals surface area (Å²) in [6, 6.07) is 21.6. The van der Waals surface area contributed by atoms with Crippen LogP contribution in [0.1, 0.15) is 11.1 Å². The number of hydrogen-bond acceptors (Lipinski definition) is 4. The van der Waals surface area contributed by atoms with Crippen LogP contribution in [0.4, 0.5) is 11.4 Å². The highest BCUT2D eigenvalue weighted by Crippen LogP contribution is 2.32. The van der Waals surface area contributed by atoms with Crippen LogP contribution < -0.4 is 20.1 Å². The molecule has 3 N–H and O–H groups in total. The van der Waals surface area contributed by atoms with E-state index in [4.69, 9.17) is 9.47 Å². The lowest BCUT2D eigenvalue weighted by Gasteiger charge is -2.09. The first-order valence-corrected chi connectivity index (χ1v) is 9.82. The molecule has 0 saturated carbocycles. The molecule has 4 aromatic rings. The Bertz CT molecular complexity index is 1200. The summed E-state index contributed by atoms with van der Waals surface area (Å²) in [5.41, 5.74) is 4.88. The summed E-state index contributed by atoms with van der Waals surface area (Å²) in [7, 11) is 0. The first-order valence-electron chi connectivity index (χ1n) is 9.82. The number of aromatic nitrogens is 1. The van der Waals surface area contributed by atoms with Crippen molar-refractivity contribution in [2.24, 2.45) is 0 Å². The number of fused-ring (bicyclic) bond motifs is 2. The SMILES string of the molecule is O=C(Cc1c[nH]c2ccccc12)Nc1ccc(NCc2ccc3c(c2)OCO3)cc1. The average Bonchev–Trinajstić information content (AvgIpc) is 3.40. The Kier molecular flexibility index (Phi) is 4.73. The van der Waals surface area contributed by atoms with Crippen molar-refractivity contribution >= 4 is 28.2 Å². The van der Waals surface area contributed by atoms with Crippen molar-refractivity contribution in [1.29, 1.82) is 0 Å². The predicted octanol–water partition coefficient (Wildman–Crippen LogP) is 4.69. The number of carbonyl (C=O) groups is 1. The van der Waals surface area contributed by atoms with E-state index in [2.05, 4.69) is 15.6 Å². The van der Waals surface area contributed by atoms with Crippen LogP contribution in [0.25, 0.3) is 10.9 Å². The summed E-state index contributed by atoms with van der Waals surface area (Å²) >= 11 is 0. The smallest absolute Gasteiger partial charge is 0.231 e. The zero-order chi connectivity index (χ0) is 20.3. The molecule has 0 aliphatic carbocycles. The number of H-pyrrole nitrogens is 1. The van der Waals surface area contributed by atoms with Gasteiger partial charge < -0.3 is 25.1 Å². The summed E-state index contributed by atoms with van der Waals surface area (Å²) in [5, 5.41) is 7.42. The van der Waals surface area contributed by atoms with Gasteiger partial charge in [0, 0.05) is 35.0 Å². The Balaban J connectivity index is 1.17. The number of ether oxygens (including phenoxy) is 2. The second-order valence-corrected chi connectivity index (χ2v) is 7.20. The summed E-state index contributed by atoms with van der Waals surface area (Å²) < 4.78 is 10.7. The molecule has 0 saturated heterocycles. The highest BCUT2D eigenvalue weighted by Gasteiger charge is 2.13. The van der Waals surface area contributed by atoms with Crippen molar-refractivity contribution in [3.63, 3.8) is 0 Å². The van der Waals surface area contributed by atoms with Crippen LogP contribution in [0.5, 0.6) is 11.5 Å². The Labute approximate surface area is 173 Å². The molecule has 0 radical (unpaired) electrons. The fourth-order valence-electron chi connectivity index (χ4n) is 3.58. The van der Waals surface area contributed by atoms with Gasteiger partial charge in [-0.3, -0.25) is 4.79 Å². The maximum absolute atomic E-state index is 12.4. The van der Waals surface area contributed by atoms with Gasteiger partial charge in [-0.2, -0.15) is 0 Å². The van der Waals surface area contributed by atoms with Gasteiger partial charge in [-0.25, -0.2) is 0 Å². The molecular formula is C24H21N3O3. The Morgan fingerprint density at radius 1 is 0.933 bits per heavy atom. The van der Waals surface area contributed by atoms with E-state index in [1.807, 2.05) is 72.9 Å². The molecule has 2 heterocycles. The van der Waals surface area contributed by atoms with E-state index in [9.17, 15) is 4.79 Å². The normalized spacial score (nSPS) is 12.1. The molecule has 30 heavy (non-hydrogen) atoms. The van der Waals surface area contributed by atoms with E-state index >= 15 is 0 Å². The number of carbonyl (C=O) groups excluding carboxylic acids is 1. The lowest BCUT2D eigenvalue weighted by Crippen LogP contribution is -2.14. The molecule has 150 valence electrons. The molecule has 1 amide bonds. The first-order chi connectivity index (χ1) is 14.7. The van der Waals surface area contributed by atoms with E-state index in [0.29, 0.717) is 13.0 Å². The molecule has 3 aromatic carbocycles. The van der Waals surface area contributed by atoms with E-state index in [1.165, 1.54) is 0 Å². The number of anilines is 2. The minimum absolute atomic E-state index is 0.0409. The number of nitrogens with one attached hydrogen (secondary N) is 3. The lowest BCUT2D eigenvalue weighted by molar-refractivity contribution is -0.115. The number of benzene rings is 3. The van der Waals surface area contributed by atoms with Crippen LogP contribution in [-0.4, -0.2) is 17.7 Å². The average molecular weight is 399 g/mol. The van der Waals surface area contributed by atoms with Crippen LogP contribution >= 0.6 is 0 Å². The summed E-state index contributed by atoms with van der Waals surface area (Å²) in [4.78, 5) is 15.7. The summed E-state index contributed by atoms with van der Waals surface area (Å²) in [6.45, 7) is 0.947. The lowest BCUT2D eigenvalue weighted by atomic mass is 10.1. The second-order valence-electron chi connectivity index (χ2n) is 7.20. The monoisotopic (exact) mass is 399 g/mol. The number of aromatic amines is 1. The molecule has 0 spiro atoms. The Hall–Kier alpha value is -3.93. The molecule has 1 aliphatic rings. The molecule has 0 atom stereocenters. The third-order valence-electron chi connectivity index (χ3n) is 5.13. The van der Waals surface area contributed by atoms with Crippen molar-refractivity contribution in [2.75, 3.05) is 17.4 Å². The number of rotatable bonds is 6. The molecular weight excluding hydrogens is 378 g/mol. The van der Waals surface area contributed by atoms with Crippen molar-refractivity contribution in [1.82, 2.24) is 4.98 Å². The topological polar surface area (TPSA) is 75.4 Å². The van der Waals surface area contributed by atoms with Crippen molar-refractivity contribution in [2.45, 2.75) is 13.0 Å². The highest BCUT2D eigenvalue weighted by atomic mass is 16.7. The van der Waals surface area contributed by atoms with E-state index < -0.39 is 0 Å². The van der Waals surface area contributed by atoms with Crippen LogP contribution in [0, 0.1) is 0 Å². The van der Waals surface area contributed by atoms with Crippen molar-refractivity contribution in [3.8, 4) is 11.5 Å². The minimum Gasteiger partial charge on any atom is -0.454 e. The minimum atomic E-state index is -0.0409. The van der Waals surface area contributed by atoms with Gasteiger partial charge in [-0.05, 0) is 53.6 Å². The molecule has 0 fully saturated rings. The molecule has 6 heteroatoms. The molecule has 0 bridgehead atoms. The Morgan fingerprint density at radius 2 is 1.73 bits per heavy atom. The standard InChI is InChI=1S/C24H21N3O3/c28-24(12-17-14-26-21-4-2-1-3-20(17)21)27-19-8-6-18(7-9-19)25-13-16-5-10-22-23(11-16)30-15-29-22/h1-11,14,25-26H,12-13,15H2,(H,27,28). The largest absolute Gasteiger partial charge is 0.454 e. The van der Waals surface area contributed by atoms with Crippen molar-refractivity contribution < 1.29 is 14.3 Å². The first kappa shape index (κ1) is 18.1. The summed E-state index contributed by atoms with van der Waals surface area (Å²) in [5.74, 6) is 1.52. The number of hydrogen-bond donors (Lipinski definition) is 3. The maximum Gasteiger partial charge on any atom is 0.231 e. The van der Waals surface area contributed by atoms with Gasteiger partial charge >= 0.3 is 0 Å². The Morgan fingerprint density at radius 3 is 2.63 bits per heavy atom. The van der Waals surface area contributed by atoms with Gasteiger partial charge in [-0.1, -0.05) is 24.3 Å². The molecule has 6 nitrogen and oxygen atoms in total. The van der Waals surface area contributed by atoms with Crippen LogP contribution in [0.3, 0.4) is 0 Å². The highest BCUT2D eigenvalue weighted by molar-refractivity contribution is 5.95. The van der Waals surface area contributed by atoms with Gasteiger partial charge in [0.25, 0.3) is 0 Å². The second kappa shape index (κ2) is 7.83. The van der Waals surface area contributed by atoms with Gasteiger partial charge in [0.2, 0.25) is 12.7 Å². The fraction of sp³-hybridized carbons (Fsp3) is 0.125.